The second kappa shape index (κ2) is 6.72. The van der Waals surface area contributed by atoms with Gasteiger partial charge in [0.05, 0.1) is 0 Å². The van der Waals surface area contributed by atoms with Crippen LogP contribution in [0.4, 0.5) is 11.5 Å². The highest BCUT2D eigenvalue weighted by Gasteiger charge is 2.14. The first-order valence-electron chi connectivity index (χ1n) is 7.53. The van der Waals surface area contributed by atoms with Crippen molar-refractivity contribution >= 4 is 11.5 Å². The number of aromatic nitrogens is 1. The van der Waals surface area contributed by atoms with Crippen molar-refractivity contribution in [2.75, 3.05) is 11.9 Å². The molecule has 112 valence electrons. The highest BCUT2D eigenvalue weighted by Crippen LogP contribution is 2.28. The van der Waals surface area contributed by atoms with Gasteiger partial charge in [0.2, 0.25) is 0 Å². The molecule has 0 radical (unpaired) electrons. The smallest absolute Gasteiger partial charge is 0.135 e. The van der Waals surface area contributed by atoms with Crippen LogP contribution in [0.2, 0.25) is 0 Å². The second-order valence-corrected chi connectivity index (χ2v) is 5.71. The summed E-state index contributed by atoms with van der Waals surface area (Å²) in [6.45, 7) is 6.37. The van der Waals surface area contributed by atoms with E-state index in [4.69, 9.17) is 5.73 Å². The molecule has 1 aromatic carbocycles. The summed E-state index contributed by atoms with van der Waals surface area (Å²) in [6.07, 6.45) is 3.67. The first-order chi connectivity index (χ1) is 10.0. The van der Waals surface area contributed by atoms with Crippen LogP contribution in [0.1, 0.15) is 30.0 Å². The number of nitrogens with two attached hydrogens (primary N) is 1. The van der Waals surface area contributed by atoms with Crippen molar-refractivity contribution in [2.24, 2.45) is 5.73 Å². The summed E-state index contributed by atoms with van der Waals surface area (Å²) in [5.74, 6) is 0.994. The zero-order valence-corrected chi connectivity index (χ0v) is 13.4. The molecule has 0 bridgehead atoms. The fraction of sp³-hybridized carbons (Fsp3) is 0.389. The molecule has 0 aliphatic rings. The van der Waals surface area contributed by atoms with Crippen molar-refractivity contribution in [1.29, 1.82) is 0 Å². The summed E-state index contributed by atoms with van der Waals surface area (Å²) in [4.78, 5) is 6.74. The van der Waals surface area contributed by atoms with Gasteiger partial charge in [-0.05, 0) is 49.9 Å². The van der Waals surface area contributed by atoms with Gasteiger partial charge in [-0.3, -0.25) is 0 Å². The fourth-order valence-electron chi connectivity index (χ4n) is 2.61. The minimum absolute atomic E-state index is 0.181. The normalized spacial score (nSPS) is 12.2. The lowest BCUT2D eigenvalue weighted by Gasteiger charge is -2.24. The Morgan fingerprint density at radius 3 is 2.67 bits per heavy atom. The van der Waals surface area contributed by atoms with E-state index in [1.54, 1.807) is 0 Å². The number of pyridine rings is 1. The minimum atomic E-state index is 0.181. The summed E-state index contributed by atoms with van der Waals surface area (Å²) in [5, 5.41) is 0. The second-order valence-electron chi connectivity index (χ2n) is 5.71. The van der Waals surface area contributed by atoms with Crippen LogP contribution in [-0.4, -0.2) is 18.1 Å². The van der Waals surface area contributed by atoms with E-state index >= 15 is 0 Å². The van der Waals surface area contributed by atoms with Crippen molar-refractivity contribution in [3.05, 3.63) is 53.2 Å². The van der Waals surface area contributed by atoms with Gasteiger partial charge >= 0.3 is 0 Å². The lowest BCUT2D eigenvalue weighted by molar-refractivity contribution is 0.645. The molecule has 0 saturated carbocycles. The molecule has 0 aliphatic heterocycles. The SMILES string of the molecule is CCC(N)Cc1cccnc1N(C)c1ccc(C)cc1C. The highest BCUT2D eigenvalue weighted by molar-refractivity contribution is 5.65. The molecule has 2 rings (SSSR count). The number of anilines is 2. The molecule has 3 nitrogen and oxygen atoms in total. The summed E-state index contributed by atoms with van der Waals surface area (Å²) in [7, 11) is 2.07. The third-order valence-electron chi connectivity index (χ3n) is 3.91. The Kier molecular flexibility index (Phi) is 4.97. The number of benzene rings is 1. The maximum atomic E-state index is 6.12. The molecule has 0 aliphatic carbocycles. The Balaban J connectivity index is 2.36. The van der Waals surface area contributed by atoms with Crippen LogP contribution in [0, 0.1) is 13.8 Å². The van der Waals surface area contributed by atoms with Crippen LogP contribution >= 0.6 is 0 Å². The Morgan fingerprint density at radius 1 is 1.24 bits per heavy atom. The van der Waals surface area contributed by atoms with E-state index in [1.165, 1.54) is 22.4 Å². The van der Waals surface area contributed by atoms with Crippen LogP contribution in [0.3, 0.4) is 0 Å². The molecule has 1 heterocycles. The maximum Gasteiger partial charge on any atom is 0.135 e. The van der Waals surface area contributed by atoms with Gasteiger partial charge in [-0.15, -0.1) is 0 Å². The molecule has 1 atom stereocenters. The molecule has 2 N–H and O–H groups in total. The quantitative estimate of drug-likeness (QED) is 0.908. The first kappa shape index (κ1) is 15.5. The van der Waals surface area contributed by atoms with Crippen molar-refractivity contribution < 1.29 is 0 Å². The molecule has 21 heavy (non-hydrogen) atoms. The van der Waals surface area contributed by atoms with E-state index in [1.807, 2.05) is 12.3 Å². The molecule has 0 saturated heterocycles. The third-order valence-corrected chi connectivity index (χ3v) is 3.91. The summed E-state index contributed by atoms with van der Waals surface area (Å²) < 4.78 is 0. The Hall–Kier alpha value is -1.87. The number of hydrogen-bond acceptors (Lipinski definition) is 3. The van der Waals surface area contributed by atoms with Crippen molar-refractivity contribution in [3.8, 4) is 0 Å². The van der Waals surface area contributed by atoms with E-state index in [9.17, 15) is 0 Å². The van der Waals surface area contributed by atoms with Gasteiger partial charge in [0, 0.05) is 25.0 Å². The van der Waals surface area contributed by atoms with E-state index in [-0.39, 0.29) is 6.04 Å². The monoisotopic (exact) mass is 283 g/mol. The largest absolute Gasteiger partial charge is 0.329 e. The van der Waals surface area contributed by atoms with E-state index in [0.717, 1.165) is 18.7 Å². The zero-order chi connectivity index (χ0) is 15.4. The molecular weight excluding hydrogens is 258 g/mol. The third kappa shape index (κ3) is 3.61. The van der Waals surface area contributed by atoms with Gasteiger partial charge < -0.3 is 10.6 Å². The predicted octanol–water partition coefficient (Wildman–Crippen LogP) is 3.75. The number of rotatable bonds is 5. The number of hydrogen-bond donors (Lipinski definition) is 1. The van der Waals surface area contributed by atoms with Crippen molar-refractivity contribution in [2.45, 2.75) is 39.7 Å². The predicted molar refractivity (Wildman–Crippen MR) is 90.2 cm³/mol. The van der Waals surface area contributed by atoms with Gasteiger partial charge in [0.25, 0.3) is 0 Å². The lowest BCUT2D eigenvalue weighted by atomic mass is 10.0. The van der Waals surface area contributed by atoms with Gasteiger partial charge in [-0.25, -0.2) is 4.98 Å². The Bertz CT molecular complexity index is 607. The number of aryl methyl sites for hydroxylation is 2. The average Bonchev–Trinajstić information content (AvgIpc) is 2.47. The zero-order valence-electron chi connectivity index (χ0n) is 13.4. The molecule has 1 unspecified atom stereocenters. The molecule has 2 aromatic rings. The van der Waals surface area contributed by atoms with E-state index in [0.29, 0.717) is 0 Å². The average molecular weight is 283 g/mol. The van der Waals surface area contributed by atoms with E-state index < -0.39 is 0 Å². The van der Waals surface area contributed by atoms with Gasteiger partial charge in [0.1, 0.15) is 5.82 Å². The molecule has 1 aromatic heterocycles. The minimum Gasteiger partial charge on any atom is -0.329 e. The standard InChI is InChI=1S/C18H25N3/c1-5-16(19)12-15-7-6-10-20-18(15)21(4)17-9-8-13(2)11-14(17)3/h6-11,16H,5,12,19H2,1-4H3. The van der Waals surface area contributed by atoms with Crippen LogP contribution in [-0.2, 0) is 6.42 Å². The molecule has 3 heteroatoms. The maximum absolute atomic E-state index is 6.12. The van der Waals surface area contributed by atoms with Gasteiger partial charge in [-0.2, -0.15) is 0 Å². The summed E-state index contributed by atoms with van der Waals surface area (Å²) >= 11 is 0. The van der Waals surface area contributed by atoms with Crippen LogP contribution in [0.5, 0.6) is 0 Å². The van der Waals surface area contributed by atoms with E-state index in [2.05, 4.69) is 62.0 Å². The topological polar surface area (TPSA) is 42.1 Å². The molecular formula is C18H25N3. The first-order valence-corrected chi connectivity index (χ1v) is 7.53. The Morgan fingerprint density at radius 2 is 2.00 bits per heavy atom. The van der Waals surface area contributed by atoms with Crippen LogP contribution in [0.15, 0.2) is 36.5 Å². The van der Waals surface area contributed by atoms with Crippen molar-refractivity contribution in [3.63, 3.8) is 0 Å². The summed E-state index contributed by atoms with van der Waals surface area (Å²) in [5.41, 5.74) is 11.0. The van der Waals surface area contributed by atoms with Crippen LogP contribution < -0.4 is 10.6 Å². The number of nitrogens with zero attached hydrogens (tertiary/aromatic N) is 2. The fourth-order valence-corrected chi connectivity index (χ4v) is 2.61. The Labute approximate surface area is 127 Å². The molecule has 0 spiro atoms. The highest BCUT2D eigenvalue weighted by atomic mass is 15.2. The van der Waals surface area contributed by atoms with Gasteiger partial charge in [0.15, 0.2) is 0 Å². The lowest BCUT2D eigenvalue weighted by Crippen LogP contribution is -2.23. The van der Waals surface area contributed by atoms with Crippen LogP contribution in [0.25, 0.3) is 0 Å². The molecule has 0 amide bonds. The van der Waals surface area contributed by atoms with Gasteiger partial charge in [-0.1, -0.05) is 30.7 Å². The molecule has 0 fully saturated rings. The van der Waals surface area contributed by atoms with Crippen molar-refractivity contribution in [1.82, 2.24) is 4.98 Å². The summed E-state index contributed by atoms with van der Waals surface area (Å²) in [6, 6.07) is 10.8.